The van der Waals surface area contributed by atoms with E-state index in [0.29, 0.717) is 31.9 Å². The second-order valence-corrected chi connectivity index (χ2v) is 7.51. The van der Waals surface area contributed by atoms with Crippen molar-refractivity contribution >= 4 is 11.6 Å². The molecule has 10 heteroatoms. The van der Waals surface area contributed by atoms with Crippen LogP contribution in [0.25, 0.3) is 0 Å². The van der Waals surface area contributed by atoms with Gasteiger partial charge in [-0.05, 0) is 30.7 Å². The van der Waals surface area contributed by atoms with Gasteiger partial charge in [-0.3, -0.25) is 9.48 Å². The molecule has 1 saturated heterocycles. The second-order valence-electron chi connectivity index (χ2n) is 7.51. The number of piperazine rings is 1. The van der Waals surface area contributed by atoms with E-state index in [1.165, 1.54) is 19.2 Å². The smallest absolute Gasteiger partial charge is 0.382 e. The number of aryl methyl sites for hydroxylation is 2. The van der Waals surface area contributed by atoms with Gasteiger partial charge in [-0.1, -0.05) is 0 Å². The van der Waals surface area contributed by atoms with E-state index in [2.05, 4.69) is 5.10 Å². The Morgan fingerprint density at radius 3 is 2.74 bits per heavy atom. The van der Waals surface area contributed by atoms with Crippen molar-refractivity contribution in [1.82, 2.24) is 14.7 Å². The predicted molar refractivity (Wildman–Crippen MR) is 107 cm³/mol. The van der Waals surface area contributed by atoms with Crippen LogP contribution in [0, 0.1) is 18.3 Å². The Kier molecular flexibility index (Phi) is 6.85. The van der Waals surface area contributed by atoms with Crippen LogP contribution in [0.4, 0.5) is 18.9 Å². The summed E-state index contributed by atoms with van der Waals surface area (Å²) in [6, 6.07) is 4.99. The van der Waals surface area contributed by atoms with Crippen LogP contribution in [-0.4, -0.2) is 60.0 Å². The Balaban J connectivity index is 1.72. The molecule has 1 aromatic heterocycles. The maximum absolute atomic E-state index is 13.3. The van der Waals surface area contributed by atoms with Crippen LogP contribution in [0.15, 0.2) is 30.6 Å². The normalized spacial score (nSPS) is 17.0. The summed E-state index contributed by atoms with van der Waals surface area (Å²) in [6.07, 6.45) is -0.753. The molecule has 0 aliphatic carbocycles. The molecule has 0 bridgehead atoms. The van der Waals surface area contributed by atoms with E-state index in [1.807, 2.05) is 13.1 Å². The van der Waals surface area contributed by atoms with Crippen molar-refractivity contribution in [3.63, 3.8) is 0 Å². The maximum atomic E-state index is 13.3. The lowest BCUT2D eigenvalue weighted by atomic mass is 10.0. The van der Waals surface area contributed by atoms with Crippen molar-refractivity contribution in [2.75, 3.05) is 38.3 Å². The van der Waals surface area contributed by atoms with Gasteiger partial charge in [-0.15, -0.1) is 0 Å². The Labute approximate surface area is 178 Å². The molecule has 2 heterocycles. The number of hydrogen-bond acceptors (Lipinski definition) is 5. The van der Waals surface area contributed by atoms with E-state index in [1.54, 1.807) is 26.7 Å². The number of nitrogens with zero attached hydrogens (tertiary/aromatic N) is 5. The van der Waals surface area contributed by atoms with Crippen LogP contribution in [0.5, 0.6) is 0 Å². The molecule has 1 aliphatic heterocycles. The molecule has 1 amide bonds. The molecule has 1 aliphatic rings. The summed E-state index contributed by atoms with van der Waals surface area (Å²) in [7, 11) is 1.53. The number of amides is 1. The minimum Gasteiger partial charge on any atom is -0.382 e. The minimum atomic E-state index is -4.62. The molecule has 1 aromatic carbocycles. The van der Waals surface area contributed by atoms with Gasteiger partial charge in [0.25, 0.3) is 0 Å². The molecule has 31 heavy (non-hydrogen) atoms. The predicted octanol–water partition coefficient (Wildman–Crippen LogP) is 2.84. The highest BCUT2D eigenvalue weighted by atomic mass is 19.4. The molecule has 1 fully saturated rings. The van der Waals surface area contributed by atoms with Gasteiger partial charge in [-0.2, -0.15) is 23.5 Å². The fourth-order valence-electron chi connectivity index (χ4n) is 3.76. The van der Waals surface area contributed by atoms with Crippen molar-refractivity contribution in [3.8, 4) is 6.07 Å². The number of carbonyl (C=O) groups excluding carboxylic acids is 1. The summed E-state index contributed by atoms with van der Waals surface area (Å²) in [5, 5.41) is 13.2. The largest absolute Gasteiger partial charge is 0.417 e. The average molecular weight is 435 g/mol. The number of methoxy groups -OCH3 is 1. The van der Waals surface area contributed by atoms with Crippen molar-refractivity contribution < 1.29 is 22.7 Å². The van der Waals surface area contributed by atoms with Gasteiger partial charge in [0, 0.05) is 51.6 Å². The number of benzene rings is 1. The van der Waals surface area contributed by atoms with E-state index in [4.69, 9.17) is 10.00 Å². The first-order valence-electron chi connectivity index (χ1n) is 9.86. The summed E-state index contributed by atoms with van der Waals surface area (Å²) in [4.78, 5) is 16.3. The number of alkyl halides is 3. The average Bonchev–Trinajstić information content (AvgIpc) is 3.16. The number of anilines is 1. The Hall–Kier alpha value is -3.06. The zero-order valence-electron chi connectivity index (χ0n) is 17.4. The first kappa shape index (κ1) is 22.6. The zero-order chi connectivity index (χ0) is 22.6. The monoisotopic (exact) mass is 435 g/mol. The topological polar surface area (TPSA) is 74.4 Å². The third kappa shape index (κ3) is 5.35. The molecule has 3 rings (SSSR count). The molecule has 2 aromatic rings. The van der Waals surface area contributed by atoms with Crippen LogP contribution in [0.2, 0.25) is 0 Å². The highest BCUT2D eigenvalue weighted by Crippen LogP contribution is 2.35. The number of rotatable bonds is 6. The van der Waals surface area contributed by atoms with Gasteiger partial charge >= 0.3 is 6.18 Å². The lowest BCUT2D eigenvalue weighted by Crippen LogP contribution is -2.57. The lowest BCUT2D eigenvalue weighted by Gasteiger charge is -2.42. The number of nitriles is 1. The molecule has 1 atom stereocenters. The van der Waals surface area contributed by atoms with Gasteiger partial charge in [0.1, 0.15) is 0 Å². The molecule has 7 nitrogen and oxygen atoms in total. The van der Waals surface area contributed by atoms with E-state index < -0.39 is 17.3 Å². The van der Waals surface area contributed by atoms with Gasteiger partial charge in [0.15, 0.2) is 0 Å². The van der Waals surface area contributed by atoms with E-state index >= 15 is 0 Å². The molecular weight excluding hydrogens is 411 g/mol. The summed E-state index contributed by atoms with van der Waals surface area (Å²) < 4.78 is 47.0. The zero-order valence-corrected chi connectivity index (χ0v) is 17.4. The third-order valence-electron chi connectivity index (χ3n) is 5.27. The van der Waals surface area contributed by atoms with Crippen molar-refractivity contribution in [2.24, 2.45) is 0 Å². The Bertz CT molecular complexity index is 967. The Morgan fingerprint density at radius 2 is 2.13 bits per heavy atom. The lowest BCUT2D eigenvalue weighted by molar-refractivity contribution is -0.137. The highest BCUT2D eigenvalue weighted by Gasteiger charge is 2.35. The fourth-order valence-corrected chi connectivity index (χ4v) is 3.76. The third-order valence-corrected chi connectivity index (χ3v) is 5.27. The number of halogens is 3. The van der Waals surface area contributed by atoms with E-state index in [0.717, 1.165) is 11.6 Å². The minimum absolute atomic E-state index is 0.0503. The van der Waals surface area contributed by atoms with Gasteiger partial charge < -0.3 is 14.5 Å². The molecule has 0 spiro atoms. The van der Waals surface area contributed by atoms with Crippen LogP contribution in [-0.2, 0) is 22.3 Å². The van der Waals surface area contributed by atoms with Crippen LogP contribution in [0.3, 0.4) is 0 Å². The molecule has 0 N–H and O–H groups in total. The van der Waals surface area contributed by atoms with Gasteiger partial charge in [-0.25, -0.2) is 0 Å². The standard InChI is InChI=1S/C21H24F3N5O2/c1-15-11-26-28(12-15)6-5-20(30)29-8-7-27(13-18(29)14-31-2)17-4-3-16(10-25)19(9-17)21(22,23)24/h3-4,9,11-12,18H,5-8,13-14H2,1-2H3. The van der Waals surface area contributed by atoms with Crippen molar-refractivity contribution in [2.45, 2.75) is 32.1 Å². The summed E-state index contributed by atoms with van der Waals surface area (Å²) >= 11 is 0. The molecule has 0 saturated carbocycles. The first-order valence-corrected chi connectivity index (χ1v) is 9.86. The van der Waals surface area contributed by atoms with Gasteiger partial charge in [0.05, 0.1) is 36.0 Å². The number of ether oxygens (including phenoxy) is 1. The number of aromatic nitrogens is 2. The van der Waals surface area contributed by atoms with Crippen molar-refractivity contribution in [3.05, 3.63) is 47.3 Å². The molecule has 1 unspecified atom stereocenters. The number of carbonyl (C=O) groups is 1. The molecule has 0 radical (unpaired) electrons. The fraction of sp³-hybridized carbons (Fsp3) is 0.476. The maximum Gasteiger partial charge on any atom is 0.417 e. The van der Waals surface area contributed by atoms with Gasteiger partial charge in [0.2, 0.25) is 5.91 Å². The van der Waals surface area contributed by atoms with Crippen molar-refractivity contribution in [1.29, 1.82) is 5.26 Å². The second kappa shape index (κ2) is 9.39. The quantitative estimate of drug-likeness (QED) is 0.698. The van der Waals surface area contributed by atoms with Crippen LogP contribution >= 0.6 is 0 Å². The van der Waals surface area contributed by atoms with E-state index in [9.17, 15) is 18.0 Å². The molecular formula is C21H24F3N5O2. The summed E-state index contributed by atoms with van der Waals surface area (Å²) in [5.74, 6) is -0.0503. The van der Waals surface area contributed by atoms with E-state index in [-0.39, 0.29) is 25.0 Å². The van der Waals surface area contributed by atoms with Crippen LogP contribution < -0.4 is 4.90 Å². The first-order chi connectivity index (χ1) is 14.7. The summed E-state index contributed by atoms with van der Waals surface area (Å²) in [5.41, 5.74) is 0.0154. The molecule has 166 valence electrons. The van der Waals surface area contributed by atoms with Crippen LogP contribution in [0.1, 0.15) is 23.1 Å². The SMILES string of the molecule is COCC1CN(c2ccc(C#N)c(C(F)(F)F)c2)CCN1C(=O)CCn1cc(C)cn1. The number of hydrogen-bond donors (Lipinski definition) is 0. The highest BCUT2D eigenvalue weighted by molar-refractivity contribution is 5.77. The summed E-state index contributed by atoms with van der Waals surface area (Å²) in [6.45, 7) is 3.74. The Morgan fingerprint density at radius 1 is 1.35 bits per heavy atom.